The molecule has 1 aromatic carbocycles. The smallest absolute Gasteiger partial charge is 0.339 e. The van der Waals surface area contributed by atoms with Crippen molar-refractivity contribution in [3.8, 4) is 5.75 Å². The number of benzene rings is 1. The van der Waals surface area contributed by atoms with Gasteiger partial charge in [0, 0.05) is 5.56 Å². The number of rotatable bonds is 7. The van der Waals surface area contributed by atoms with Crippen LogP contribution in [-0.4, -0.2) is 37.0 Å². The van der Waals surface area contributed by atoms with Crippen LogP contribution >= 0.6 is 0 Å². The van der Waals surface area contributed by atoms with E-state index in [-0.39, 0.29) is 0 Å². The van der Waals surface area contributed by atoms with Crippen LogP contribution in [-0.2, 0) is 14.4 Å². The summed E-state index contributed by atoms with van der Waals surface area (Å²) in [4.78, 5) is 45.9. The Bertz CT molecular complexity index is 994. The lowest BCUT2D eigenvalue weighted by Gasteiger charge is -2.18. The average Bonchev–Trinajstić information content (AvgIpc) is 2.61. The van der Waals surface area contributed by atoms with Gasteiger partial charge in [0.2, 0.25) is 5.91 Å². The third-order valence-electron chi connectivity index (χ3n) is 4.18. The zero-order valence-electron chi connectivity index (χ0n) is 16.0. The predicted molar refractivity (Wildman–Crippen MR) is 97.8 cm³/mol. The maximum absolute atomic E-state index is 12.2. The van der Waals surface area contributed by atoms with Crippen molar-refractivity contribution in [2.24, 2.45) is 0 Å². The van der Waals surface area contributed by atoms with Gasteiger partial charge in [-0.05, 0) is 51.0 Å². The third-order valence-corrected chi connectivity index (χ3v) is 4.18. The van der Waals surface area contributed by atoms with Crippen molar-refractivity contribution >= 4 is 28.8 Å². The number of aliphatic carboxylic acids is 1. The number of carbonyl (C=O) groups excluding carboxylic acids is 3. The number of hydrogen-bond acceptors (Lipinski definition) is 7. The lowest BCUT2D eigenvalue weighted by atomic mass is 10.0. The number of carbonyl (C=O) groups is 3. The van der Waals surface area contributed by atoms with Gasteiger partial charge in [-0.15, -0.1) is 0 Å². The normalized spacial score (nSPS) is 11.7. The third kappa shape index (κ3) is 4.87. The molecule has 2 aromatic rings. The summed E-state index contributed by atoms with van der Waals surface area (Å²) in [5, 5.41) is 15.3. The van der Waals surface area contributed by atoms with Gasteiger partial charge in [0.05, 0.1) is 24.4 Å². The van der Waals surface area contributed by atoms with E-state index in [1.807, 2.05) is 0 Å². The van der Waals surface area contributed by atoms with E-state index in [0.717, 1.165) is 5.56 Å². The highest BCUT2D eigenvalue weighted by molar-refractivity contribution is 5.90. The topological polar surface area (TPSA) is 138 Å². The molecular weight excluding hydrogens is 368 g/mol. The Balaban J connectivity index is 2.16. The number of amides is 2. The van der Waals surface area contributed by atoms with Gasteiger partial charge in [-0.25, -0.2) is 4.79 Å². The Morgan fingerprint density at radius 2 is 1.79 bits per heavy atom. The zero-order chi connectivity index (χ0) is 21.0. The van der Waals surface area contributed by atoms with Gasteiger partial charge in [-0.1, -0.05) is 0 Å². The molecule has 0 saturated carbocycles. The number of hydrogen-bond donors (Lipinski definition) is 2. The van der Waals surface area contributed by atoms with Crippen LogP contribution in [0.15, 0.2) is 21.3 Å². The fourth-order valence-electron chi connectivity index (χ4n) is 2.57. The van der Waals surface area contributed by atoms with E-state index < -0.39 is 42.6 Å². The zero-order valence-corrected chi connectivity index (χ0v) is 16.0. The minimum absolute atomic E-state index is 0.359. The van der Waals surface area contributed by atoms with Crippen LogP contribution < -0.4 is 26.1 Å². The second kappa shape index (κ2) is 8.55. The first-order valence-electron chi connectivity index (χ1n) is 8.55. The Morgan fingerprint density at radius 1 is 1.11 bits per heavy atom. The lowest BCUT2D eigenvalue weighted by molar-refractivity contribution is -0.304. The molecule has 28 heavy (non-hydrogen) atoms. The van der Waals surface area contributed by atoms with Crippen LogP contribution in [0.4, 0.5) is 0 Å². The van der Waals surface area contributed by atoms with Gasteiger partial charge < -0.3 is 29.7 Å². The summed E-state index contributed by atoms with van der Waals surface area (Å²) < 4.78 is 11.1. The van der Waals surface area contributed by atoms with E-state index in [9.17, 15) is 24.3 Å². The maximum atomic E-state index is 12.2. The second-order valence-electron chi connectivity index (χ2n) is 6.40. The van der Waals surface area contributed by atoms with Gasteiger partial charge in [-0.2, -0.15) is 0 Å². The van der Waals surface area contributed by atoms with Crippen molar-refractivity contribution in [1.82, 2.24) is 10.6 Å². The van der Waals surface area contributed by atoms with Crippen molar-refractivity contribution in [1.29, 1.82) is 0 Å². The van der Waals surface area contributed by atoms with Gasteiger partial charge >= 0.3 is 5.63 Å². The molecule has 0 bridgehead atoms. The molecule has 0 aliphatic rings. The molecular formula is C19H21N2O7-. The van der Waals surface area contributed by atoms with E-state index in [0.29, 0.717) is 27.8 Å². The molecule has 1 atom stereocenters. The van der Waals surface area contributed by atoms with Gasteiger partial charge in [0.1, 0.15) is 11.3 Å². The van der Waals surface area contributed by atoms with E-state index in [1.54, 1.807) is 32.9 Å². The average molecular weight is 389 g/mol. The van der Waals surface area contributed by atoms with Gasteiger partial charge in [0.15, 0.2) is 6.10 Å². The summed E-state index contributed by atoms with van der Waals surface area (Å²) in [6, 6.07) is 3.44. The van der Waals surface area contributed by atoms with E-state index in [4.69, 9.17) is 9.15 Å². The second-order valence-corrected chi connectivity index (χ2v) is 6.40. The first-order valence-corrected chi connectivity index (χ1v) is 8.55. The summed E-state index contributed by atoms with van der Waals surface area (Å²) in [6.45, 7) is 5.67. The monoisotopic (exact) mass is 389 g/mol. The summed E-state index contributed by atoms with van der Waals surface area (Å²) in [5.74, 6) is -2.28. The Labute approximate surface area is 160 Å². The summed E-state index contributed by atoms with van der Waals surface area (Å²) in [5.41, 5.74) is 1.84. The van der Waals surface area contributed by atoms with Crippen LogP contribution in [0.2, 0.25) is 0 Å². The van der Waals surface area contributed by atoms with Gasteiger partial charge in [0.25, 0.3) is 5.91 Å². The number of carboxylic acids is 1. The molecule has 150 valence electrons. The predicted octanol–water partition coefficient (Wildman–Crippen LogP) is -0.532. The van der Waals surface area contributed by atoms with Crippen LogP contribution in [0.5, 0.6) is 5.75 Å². The highest BCUT2D eigenvalue weighted by Crippen LogP contribution is 2.31. The van der Waals surface area contributed by atoms with Crippen molar-refractivity contribution < 1.29 is 28.6 Å². The first-order chi connectivity index (χ1) is 13.1. The Kier molecular flexibility index (Phi) is 6.40. The van der Waals surface area contributed by atoms with Crippen molar-refractivity contribution in [3.63, 3.8) is 0 Å². The standard InChI is InChI=1S/C19H22N2O7/c1-9-5-13(17-10(2)11(3)19(26)28-14(17)6-9)27-12(4)18(25)21-7-15(22)20-8-16(23)24/h5-6,12H,7-8H2,1-4H3,(H,20,22)(H,21,25)(H,23,24)/p-1/t12-/m1/s1. The molecule has 1 heterocycles. The Morgan fingerprint density at radius 3 is 2.43 bits per heavy atom. The molecule has 2 N–H and O–H groups in total. The number of fused-ring (bicyclic) bond motifs is 1. The first kappa shape index (κ1) is 20.9. The molecule has 1 aromatic heterocycles. The SMILES string of the molecule is Cc1cc(O[C@H](C)C(=O)NCC(=O)NCC(=O)[O-])c2c(C)c(C)c(=O)oc2c1. The molecule has 9 nitrogen and oxygen atoms in total. The van der Waals surface area contributed by atoms with Crippen LogP contribution in [0.1, 0.15) is 23.6 Å². The largest absolute Gasteiger partial charge is 0.548 e. The van der Waals surface area contributed by atoms with Crippen LogP contribution in [0, 0.1) is 20.8 Å². The molecule has 0 fully saturated rings. The van der Waals surface area contributed by atoms with Crippen molar-refractivity contribution in [2.45, 2.75) is 33.8 Å². The highest BCUT2D eigenvalue weighted by Gasteiger charge is 2.19. The summed E-state index contributed by atoms with van der Waals surface area (Å²) >= 11 is 0. The molecule has 0 saturated heterocycles. The van der Waals surface area contributed by atoms with E-state index in [2.05, 4.69) is 10.6 Å². The van der Waals surface area contributed by atoms with Crippen molar-refractivity contribution in [2.75, 3.05) is 13.1 Å². The molecule has 2 amide bonds. The van der Waals surface area contributed by atoms with Crippen molar-refractivity contribution in [3.05, 3.63) is 39.2 Å². The molecule has 0 radical (unpaired) electrons. The van der Waals surface area contributed by atoms with Gasteiger partial charge in [-0.3, -0.25) is 9.59 Å². The fraction of sp³-hybridized carbons (Fsp3) is 0.368. The fourth-order valence-corrected chi connectivity index (χ4v) is 2.57. The summed E-state index contributed by atoms with van der Waals surface area (Å²) in [6.07, 6.45) is -0.953. The number of carboxylic acid groups (broad SMARTS) is 1. The molecule has 2 rings (SSSR count). The highest BCUT2D eigenvalue weighted by atomic mass is 16.5. The van der Waals surface area contributed by atoms with Crippen LogP contribution in [0.25, 0.3) is 11.0 Å². The summed E-state index contributed by atoms with van der Waals surface area (Å²) in [7, 11) is 0. The maximum Gasteiger partial charge on any atom is 0.339 e. The minimum atomic E-state index is -1.43. The molecule has 0 aliphatic heterocycles. The van der Waals surface area contributed by atoms with Crippen LogP contribution in [0.3, 0.4) is 0 Å². The van der Waals surface area contributed by atoms with E-state index in [1.165, 1.54) is 6.92 Å². The molecule has 0 aliphatic carbocycles. The minimum Gasteiger partial charge on any atom is -0.548 e. The lowest BCUT2D eigenvalue weighted by Crippen LogP contribution is -2.45. The van der Waals surface area contributed by atoms with E-state index >= 15 is 0 Å². The molecule has 0 spiro atoms. The number of nitrogens with one attached hydrogen (secondary N) is 2. The number of ether oxygens (including phenoxy) is 1. The quantitative estimate of drug-likeness (QED) is 0.607. The molecule has 9 heteroatoms. The Hall–Kier alpha value is -3.36. The number of aryl methyl sites for hydroxylation is 2. The molecule has 0 unspecified atom stereocenters.